The van der Waals surface area contributed by atoms with Gasteiger partial charge in [-0.25, -0.2) is 0 Å². The molecule has 0 saturated heterocycles. The molecule has 1 heterocycles. The van der Waals surface area contributed by atoms with E-state index in [1.807, 2.05) is 30.3 Å². The van der Waals surface area contributed by atoms with E-state index in [9.17, 15) is 4.79 Å². The number of benzene rings is 2. The maximum Gasteiger partial charge on any atom is 0.262 e. The molecule has 1 aliphatic heterocycles. The molecule has 0 aromatic heterocycles. The number of anilines is 1. The molecule has 226 valence electrons. The maximum atomic E-state index is 12.4. The van der Waals surface area contributed by atoms with E-state index in [4.69, 9.17) is 21.1 Å². The van der Waals surface area contributed by atoms with Gasteiger partial charge in [0.25, 0.3) is 5.91 Å². The third-order valence-corrected chi connectivity index (χ3v) is 8.35. The molecule has 0 radical (unpaired) electrons. The second kappa shape index (κ2) is 20.5. The van der Waals surface area contributed by atoms with Crippen molar-refractivity contribution in [3.05, 3.63) is 64.7 Å². The fourth-order valence-electron chi connectivity index (χ4n) is 4.85. The standard InChI is InChI=1S/C34H49ClN2O3S/c1-2-3-4-5-6-7-8-9-10-11-12-13-14-15-23-39-31-20-21-33(32(35)25-31)40-27-34(38)36-30-18-16-29(17-19-30)26-37-22-24-41-28-37/h16-22,24-25H,2-15,23,26-28H2,1H3,(H,36,38). The average Bonchev–Trinajstić information content (AvgIpc) is 3.49. The van der Waals surface area contributed by atoms with Crippen molar-refractivity contribution in [3.63, 3.8) is 0 Å². The van der Waals surface area contributed by atoms with Gasteiger partial charge in [-0.2, -0.15) is 0 Å². The van der Waals surface area contributed by atoms with Crippen molar-refractivity contribution in [2.45, 2.75) is 103 Å². The van der Waals surface area contributed by atoms with Crippen LogP contribution in [-0.2, 0) is 11.3 Å². The zero-order valence-corrected chi connectivity index (χ0v) is 26.5. The number of unbranched alkanes of at least 4 members (excludes halogenated alkanes) is 13. The highest BCUT2D eigenvalue weighted by Crippen LogP contribution is 2.29. The zero-order chi connectivity index (χ0) is 29.0. The molecule has 5 nitrogen and oxygen atoms in total. The number of rotatable bonds is 22. The Kier molecular flexibility index (Phi) is 16.6. The van der Waals surface area contributed by atoms with Gasteiger partial charge in [0.15, 0.2) is 6.61 Å². The number of halogens is 1. The first-order valence-electron chi connectivity index (χ1n) is 15.6. The Balaban J connectivity index is 1.20. The lowest BCUT2D eigenvalue weighted by molar-refractivity contribution is -0.118. The normalized spacial score (nSPS) is 12.6. The fraction of sp³-hybridized carbons (Fsp3) is 0.559. The number of hydrogen-bond donors (Lipinski definition) is 1. The first-order valence-corrected chi connectivity index (χ1v) is 17.0. The molecule has 41 heavy (non-hydrogen) atoms. The van der Waals surface area contributed by atoms with Crippen LogP contribution in [0.15, 0.2) is 54.1 Å². The largest absolute Gasteiger partial charge is 0.494 e. The van der Waals surface area contributed by atoms with Crippen molar-refractivity contribution in [2.75, 3.05) is 24.4 Å². The molecule has 0 spiro atoms. The minimum absolute atomic E-state index is 0.115. The summed E-state index contributed by atoms with van der Waals surface area (Å²) < 4.78 is 11.5. The van der Waals surface area contributed by atoms with Crippen molar-refractivity contribution < 1.29 is 14.3 Å². The molecule has 0 unspecified atom stereocenters. The number of carbonyl (C=O) groups excluding carboxylic acids is 1. The second-order valence-electron chi connectivity index (χ2n) is 10.9. The molecule has 1 N–H and O–H groups in total. The van der Waals surface area contributed by atoms with Crippen molar-refractivity contribution in [3.8, 4) is 11.5 Å². The Morgan fingerprint density at radius 2 is 1.49 bits per heavy atom. The summed E-state index contributed by atoms with van der Waals surface area (Å²) in [7, 11) is 0. The topological polar surface area (TPSA) is 50.8 Å². The number of nitrogens with zero attached hydrogens (tertiary/aromatic N) is 1. The van der Waals surface area contributed by atoms with Gasteiger partial charge < -0.3 is 19.7 Å². The van der Waals surface area contributed by atoms with Gasteiger partial charge in [0, 0.05) is 24.5 Å². The highest BCUT2D eigenvalue weighted by Gasteiger charge is 2.09. The van der Waals surface area contributed by atoms with E-state index in [0.717, 1.165) is 30.3 Å². The molecule has 1 aliphatic rings. The van der Waals surface area contributed by atoms with Crippen molar-refractivity contribution in [2.24, 2.45) is 0 Å². The average molecular weight is 601 g/mol. The predicted octanol–water partition coefficient (Wildman–Crippen LogP) is 10.2. The van der Waals surface area contributed by atoms with Crippen LogP contribution in [0.3, 0.4) is 0 Å². The van der Waals surface area contributed by atoms with Gasteiger partial charge in [-0.1, -0.05) is 114 Å². The number of ether oxygens (including phenoxy) is 2. The van der Waals surface area contributed by atoms with Crippen LogP contribution >= 0.6 is 23.4 Å². The summed E-state index contributed by atoms with van der Waals surface area (Å²) in [5.74, 6) is 1.94. The predicted molar refractivity (Wildman–Crippen MR) is 175 cm³/mol. The number of thioether (sulfide) groups is 1. The molecule has 0 aliphatic carbocycles. The number of nitrogens with one attached hydrogen (secondary N) is 1. The summed E-state index contributed by atoms with van der Waals surface area (Å²) in [5, 5.41) is 5.41. The SMILES string of the molecule is CCCCCCCCCCCCCCCCOc1ccc(OCC(=O)Nc2ccc(CN3C=CSC3)cc2)c(Cl)c1. The van der Waals surface area contributed by atoms with Crippen LogP contribution in [0.2, 0.25) is 5.02 Å². The quantitative estimate of drug-likeness (QED) is 0.136. The molecule has 7 heteroatoms. The van der Waals surface area contributed by atoms with Gasteiger partial charge in [0.2, 0.25) is 0 Å². The van der Waals surface area contributed by atoms with Gasteiger partial charge >= 0.3 is 0 Å². The number of hydrogen-bond acceptors (Lipinski definition) is 5. The first kappa shape index (κ1) is 33.2. The van der Waals surface area contributed by atoms with Crippen molar-refractivity contribution >= 4 is 35.0 Å². The summed E-state index contributed by atoms with van der Waals surface area (Å²) in [6.45, 7) is 3.71. The molecule has 0 fully saturated rings. The number of amides is 1. The number of carbonyl (C=O) groups is 1. The van der Waals surface area contributed by atoms with Crippen LogP contribution in [0.5, 0.6) is 11.5 Å². The highest BCUT2D eigenvalue weighted by molar-refractivity contribution is 8.02. The minimum Gasteiger partial charge on any atom is -0.494 e. The summed E-state index contributed by atoms with van der Waals surface area (Å²) >= 11 is 8.17. The van der Waals surface area contributed by atoms with Gasteiger partial charge in [0.1, 0.15) is 11.5 Å². The molecule has 0 bridgehead atoms. The van der Waals surface area contributed by atoms with Crippen LogP contribution < -0.4 is 14.8 Å². The maximum absolute atomic E-state index is 12.4. The van der Waals surface area contributed by atoms with Gasteiger partial charge in [-0.3, -0.25) is 4.79 Å². The summed E-state index contributed by atoms with van der Waals surface area (Å²) in [4.78, 5) is 14.6. The van der Waals surface area contributed by atoms with Crippen LogP contribution in [0, 0.1) is 0 Å². The molecule has 2 aromatic carbocycles. The lowest BCUT2D eigenvalue weighted by Crippen LogP contribution is -2.20. The van der Waals surface area contributed by atoms with Crippen molar-refractivity contribution in [1.29, 1.82) is 0 Å². The highest BCUT2D eigenvalue weighted by atomic mass is 35.5. The van der Waals surface area contributed by atoms with Crippen LogP contribution in [0.1, 0.15) is 102 Å². The van der Waals surface area contributed by atoms with E-state index < -0.39 is 0 Å². The van der Waals surface area contributed by atoms with Crippen molar-refractivity contribution in [1.82, 2.24) is 4.90 Å². The monoisotopic (exact) mass is 600 g/mol. The minimum atomic E-state index is -0.231. The Labute approximate surface area is 257 Å². The molecular formula is C34H49ClN2O3S. The van der Waals surface area contributed by atoms with E-state index in [2.05, 4.69) is 28.7 Å². The molecule has 1 amide bonds. The third-order valence-electron chi connectivity index (χ3n) is 7.26. The summed E-state index contributed by atoms with van der Waals surface area (Å²) in [5.41, 5.74) is 1.94. The lowest BCUT2D eigenvalue weighted by Gasteiger charge is -2.15. The van der Waals surface area contributed by atoms with Crippen LogP contribution in [0.4, 0.5) is 5.69 Å². The van der Waals surface area contributed by atoms with E-state index in [1.165, 1.54) is 89.0 Å². The fourth-order valence-corrected chi connectivity index (χ4v) is 5.79. The summed E-state index contributed by atoms with van der Waals surface area (Å²) in [6, 6.07) is 13.2. The van der Waals surface area contributed by atoms with E-state index >= 15 is 0 Å². The Bertz CT molecular complexity index is 1030. The molecule has 3 rings (SSSR count). The van der Waals surface area contributed by atoms with Gasteiger partial charge in [-0.15, -0.1) is 11.8 Å². The molecule has 0 saturated carbocycles. The Morgan fingerprint density at radius 3 is 2.07 bits per heavy atom. The summed E-state index contributed by atoms with van der Waals surface area (Å²) in [6.07, 6.45) is 20.9. The Morgan fingerprint density at radius 1 is 0.854 bits per heavy atom. The smallest absolute Gasteiger partial charge is 0.262 e. The lowest BCUT2D eigenvalue weighted by atomic mass is 10.0. The third kappa shape index (κ3) is 14.4. The Hall–Kier alpha value is -2.31. The zero-order valence-electron chi connectivity index (χ0n) is 24.9. The van der Waals surface area contributed by atoms with E-state index in [1.54, 1.807) is 23.9 Å². The van der Waals surface area contributed by atoms with Crippen LogP contribution in [-0.4, -0.2) is 29.9 Å². The van der Waals surface area contributed by atoms with Crippen LogP contribution in [0.25, 0.3) is 0 Å². The van der Waals surface area contributed by atoms with Gasteiger partial charge in [0.05, 0.1) is 17.5 Å². The van der Waals surface area contributed by atoms with E-state index in [-0.39, 0.29) is 12.5 Å². The first-order chi connectivity index (χ1) is 20.1. The van der Waals surface area contributed by atoms with Gasteiger partial charge in [-0.05, 0) is 41.7 Å². The van der Waals surface area contributed by atoms with E-state index in [0.29, 0.717) is 17.4 Å². The molecule has 0 atom stereocenters. The second-order valence-corrected chi connectivity index (χ2v) is 12.2. The molecule has 2 aromatic rings. The molecular weight excluding hydrogens is 552 g/mol.